The van der Waals surface area contributed by atoms with Gasteiger partial charge in [-0.2, -0.15) is 0 Å². The molecule has 1 N–H and O–H groups in total. The van der Waals surface area contributed by atoms with Crippen molar-refractivity contribution in [3.8, 4) is 0 Å². The summed E-state index contributed by atoms with van der Waals surface area (Å²) in [7, 11) is 1.92. The minimum Gasteiger partial charge on any atom is -0.316 e. The maximum absolute atomic E-state index is 14.0. The molecular weight excluding hydrogens is 251 g/mol. The normalized spacial score (nSPS) is 19.8. The Labute approximate surface area is 122 Å². The maximum Gasteiger partial charge on any atom is 0.127 e. The number of likely N-dealkylation sites (tertiary alicyclic amines) is 1. The smallest absolute Gasteiger partial charge is 0.127 e. The Balaban J connectivity index is 2.03. The molecule has 1 aliphatic rings. The number of hydrogen-bond acceptors (Lipinski definition) is 2. The van der Waals surface area contributed by atoms with Gasteiger partial charge in [-0.15, -0.1) is 0 Å². The van der Waals surface area contributed by atoms with E-state index in [0.717, 1.165) is 37.3 Å². The zero-order valence-electron chi connectivity index (χ0n) is 13.0. The largest absolute Gasteiger partial charge is 0.316 e. The van der Waals surface area contributed by atoms with Crippen molar-refractivity contribution in [3.05, 3.63) is 35.1 Å². The molecule has 0 unspecified atom stereocenters. The van der Waals surface area contributed by atoms with Crippen molar-refractivity contribution in [1.29, 1.82) is 0 Å². The average molecular weight is 278 g/mol. The molecule has 3 heteroatoms. The number of rotatable bonds is 4. The van der Waals surface area contributed by atoms with Crippen LogP contribution in [0.5, 0.6) is 0 Å². The summed E-state index contributed by atoms with van der Waals surface area (Å²) in [4.78, 5) is 2.40. The maximum atomic E-state index is 14.0. The van der Waals surface area contributed by atoms with E-state index < -0.39 is 0 Å². The first-order valence-corrected chi connectivity index (χ1v) is 7.64. The SMILES string of the molecule is CNCc1ccc(F)c(CN2CCCC(C)(C)CC2)c1. The summed E-state index contributed by atoms with van der Waals surface area (Å²) in [6.07, 6.45) is 3.68. The molecule has 0 aromatic heterocycles. The van der Waals surface area contributed by atoms with Crippen molar-refractivity contribution in [2.45, 2.75) is 46.2 Å². The fourth-order valence-electron chi connectivity index (χ4n) is 2.94. The molecule has 0 spiro atoms. The lowest BCUT2D eigenvalue weighted by molar-refractivity contribution is 0.253. The van der Waals surface area contributed by atoms with E-state index in [9.17, 15) is 4.39 Å². The van der Waals surface area contributed by atoms with Crippen LogP contribution in [0.25, 0.3) is 0 Å². The van der Waals surface area contributed by atoms with Crippen LogP contribution in [0, 0.1) is 11.2 Å². The van der Waals surface area contributed by atoms with Gasteiger partial charge in [-0.1, -0.05) is 26.0 Å². The Hall–Kier alpha value is -0.930. The van der Waals surface area contributed by atoms with Gasteiger partial charge in [0.25, 0.3) is 0 Å². The van der Waals surface area contributed by atoms with Crippen LogP contribution in [0.2, 0.25) is 0 Å². The molecule has 0 atom stereocenters. The second-order valence-electron chi connectivity index (χ2n) is 6.75. The monoisotopic (exact) mass is 278 g/mol. The molecule has 1 saturated heterocycles. The lowest BCUT2D eigenvalue weighted by atomic mass is 9.85. The van der Waals surface area contributed by atoms with E-state index in [2.05, 4.69) is 24.1 Å². The molecule has 0 radical (unpaired) electrons. The van der Waals surface area contributed by atoms with Crippen molar-refractivity contribution in [1.82, 2.24) is 10.2 Å². The summed E-state index contributed by atoms with van der Waals surface area (Å²) in [5, 5.41) is 3.12. The average Bonchev–Trinajstić information content (AvgIpc) is 2.55. The fourth-order valence-corrected chi connectivity index (χ4v) is 2.94. The molecule has 1 aromatic carbocycles. The first-order valence-electron chi connectivity index (χ1n) is 7.64. The third-order valence-electron chi connectivity index (χ3n) is 4.32. The van der Waals surface area contributed by atoms with Crippen molar-refractivity contribution in [3.63, 3.8) is 0 Å². The Morgan fingerprint density at radius 3 is 2.80 bits per heavy atom. The van der Waals surface area contributed by atoms with Crippen LogP contribution in [0.15, 0.2) is 18.2 Å². The van der Waals surface area contributed by atoms with Gasteiger partial charge in [-0.25, -0.2) is 4.39 Å². The van der Waals surface area contributed by atoms with E-state index in [4.69, 9.17) is 0 Å². The third-order valence-corrected chi connectivity index (χ3v) is 4.32. The summed E-state index contributed by atoms with van der Waals surface area (Å²) in [5.41, 5.74) is 2.41. The number of halogens is 1. The highest BCUT2D eigenvalue weighted by Crippen LogP contribution is 2.30. The Morgan fingerprint density at radius 1 is 1.25 bits per heavy atom. The standard InChI is InChI=1S/C17H27FN2/c1-17(2)7-4-9-20(10-8-17)13-15-11-14(12-19-3)5-6-16(15)18/h5-6,11,19H,4,7-10,12-13H2,1-3H3. The highest BCUT2D eigenvalue weighted by atomic mass is 19.1. The topological polar surface area (TPSA) is 15.3 Å². The lowest BCUT2D eigenvalue weighted by Crippen LogP contribution is -2.25. The number of hydrogen-bond donors (Lipinski definition) is 1. The fraction of sp³-hybridized carbons (Fsp3) is 0.647. The van der Waals surface area contributed by atoms with E-state index in [-0.39, 0.29) is 5.82 Å². The van der Waals surface area contributed by atoms with Crippen LogP contribution in [-0.4, -0.2) is 25.0 Å². The predicted molar refractivity (Wildman–Crippen MR) is 82.1 cm³/mol. The molecule has 0 bridgehead atoms. The number of nitrogens with zero attached hydrogens (tertiary/aromatic N) is 1. The highest BCUT2D eigenvalue weighted by molar-refractivity contribution is 5.25. The van der Waals surface area contributed by atoms with E-state index in [0.29, 0.717) is 5.41 Å². The molecule has 2 rings (SSSR count). The summed E-state index contributed by atoms with van der Waals surface area (Å²) in [5.74, 6) is -0.0756. The Morgan fingerprint density at radius 2 is 2.05 bits per heavy atom. The van der Waals surface area contributed by atoms with Crippen molar-refractivity contribution >= 4 is 0 Å². The first kappa shape index (κ1) is 15.5. The Kier molecular flexibility index (Phi) is 5.17. The molecule has 1 aliphatic heterocycles. The lowest BCUT2D eigenvalue weighted by Gasteiger charge is -2.23. The van der Waals surface area contributed by atoms with Crippen LogP contribution >= 0.6 is 0 Å². The van der Waals surface area contributed by atoms with Crippen molar-refractivity contribution in [2.75, 3.05) is 20.1 Å². The summed E-state index contributed by atoms with van der Waals surface area (Å²) < 4.78 is 14.0. The molecular formula is C17H27FN2. The van der Waals surface area contributed by atoms with Gasteiger partial charge >= 0.3 is 0 Å². The van der Waals surface area contributed by atoms with E-state index in [1.54, 1.807) is 6.07 Å². The molecule has 0 aliphatic carbocycles. The van der Waals surface area contributed by atoms with Crippen LogP contribution in [0.4, 0.5) is 4.39 Å². The van der Waals surface area contributed by atoms with Gasteiger partial charge in [0.2, 0.25) is 0 Å². The summed E-state index contributed by atoms with van der Waals surface area (Å²) in [6.45, 7) is 8.36. The summed E-state index contributed by atoms with van der Waals surface area (Å²) >= 11 is 0. The van der Waals surface area contributed by atoms with Gasteiger partial charge in [0.1, 0.15) is 5.82 Å². The number of benzene rings is 1. The minimum atomic E-state index is -0.0756. The van der Waals surface area contributed by atoms with Gasteiger partial charge in [-0.05, 0) is 56.4 Å². The molecule has 1 heterocycles. The molecule has 0 saturated carbocycles. The summed E-state index contributed by atoms with van der Waals surface area (Å²) in [6, 6.07) is 5.46. The zero-order valence-corrected chi connectivity index (χ0v) is 13.0. The van der Waals surface area contributed by atoms with E-state index >= 15 is 0 Å². The second kappa shape index (κ2) is 6.68. The van der Waals surface area contributed by atoms with E-state index in [1.807, 2.05) is 19.2 Å². The molecule has 0 amide bonds. The molecule has 112 valence electrons. The van der Waals surface area contributed by atoms with Crippen molar-refractivity contribution < 1.29 is 4.39 Å². The molecule has 1 fully saturated rings. The molecule has 20 heavy (non-hydrogen) atoms. The van der Waals surface area contributed by atoms with Gasteiger partial charge < -0.3 is 5.32 Å². The van der Waals surface area contributed by atoms with E-state index in [1.165, 1.54) is 19.3 Å². The van der Waals surface area contributed by atoms with Crippen LogP contribution in [0.3, 0.4) is 0 Å². The zero-order chi connectivity index (χ0) is 14.6. The van der Waals surface area contributed by atoms with Crippen LogP contribution < -0.4 is 5.32 Å². The van der Waals surface area contributed by atoms with Gasteiger partial charge in [0.15, 0.2) is 0 Å². The Bertz CT molecular complexity index is 443. The second-order valence-corrected chi connectivity index (χ2v) is 6.75. The predicted octanol–water partition coefficient (Wildman–Crippen LogP) is 3.56. The van der Waals surface area contributed by atoms with Crippen LogP contribution in [0.1, 0.15) is 44.2 Å². The van der Waals surface area contributed by atoms with Crippen molar-refractivity contribution in [2.24, 2.45) is 5.41 Å². The number of nitrogens with one attached hydrogen (secondary N) is 1. The third kappa shape index (κ3) is 4.29. The van der Waals surface area contributed by atoms with Gasteiger partial charge in [-0.3, -0.25) is 4.90 Å². The molecule has 1 aromatic rings. The first-order chi connectivity index (χ1) is 9.50. The van der Waals surface area contributed by atoms with Gasteiger partial charge in [0, 0.05) is 18.7 Å². The van der Waals surface area contributed by atoms with Crippen LogP contribution in [-0.2, 0) is 13.1 Å². The minimum absolute atomic E-state index is 0.0756. The van der Waals surface area contributed by atoms with Gasteiger partial charge in [0.05, 0.1) is 0 Å². The molecule has 2 nitrogen and oxygen atoms in total. The highest BCUT2D eigenvalue weighted by Gasteiger charge is 2.23. The quantitative estimate of drug-likeness (QED) is 0.906.